The monoisotopic (exact) mass is 725 g/mol. The average molecular weight is 728 g/mol. The van der Waals surface area contributed by atoms with E-state index in [1.807, 2.05) is 35.6 Å². The van der Waals surface area contributed by atoms with E-state index in [4.69, 9.17) is 16.6 Å². The number of rotatable bonds is 7. The van der Waals surface area contributed by atoms with E-state index in [0.717, 1.165) is 84.4 Å². The number of hydrogen-bond donors (Lipinski definition) is 1. The zero-order valence-corrected chi connectivity index (χ0v) is 28.4. The first-order valence-corrected chi connectivity index (χ1v) is 17.2. The van der Waals surface area contributed by atoms with E-state index in [-0.39, 0.29) is 17.7 Å². The predicted octanol–water partition coefficient (Wildman–Crippen LogP) is 6.07. The molecule has 0 saturated carbocycles. The first kappa shape index (κ1) is 31.3. The van der Waals surface area contributed by atoms with E-state index in [1.165, 1.54) is 28.8 Å². The van der Waals surface area contributed by atoms with Crippen LogP contribution in [-0.4, -0.2) is 77.7 Å². The zero-order valence-electron chi connectivity index (χ0n) is 23.7. The van der Waals surface area contributed by atoms with Crippen molar-refractivity contribution in [2.45, 2.75) is 50.9 Å². The fourth-order valence-electron chi connectivity index (χ4n) is 6.61. The molecular weight excluding hydrogens is 690 g/mol. The van der Waals surface area contributed by atoms with E-state index < -0.39 is 0 Å². The number of halogens is 3. The lowest BCUT2D eigenvalue weighted by molar-refractivity contribution is -0.134. The summed E-state index contributed by atoms with van der Waals surface area (Å²) in [6, 6.07) is 6.34. The van der Waals surface area contributed by atoms with Gasteiger partial charge in [0.15, 0.2) is 0 Å². The van der Waals surface area contributed by atoms with Gasteiger partial charge in [-0.25, -0.2) is 9.03 Å². The normalized spacial score (nSPS) is 20.1. The fraction of sp³-hybridized carbons (Fsp3) is 0.567. The Morgan fingerprint density at radius 1 is 1.00 bits per heavy atom. The molecule has 2 fully saturated rings. The Morgan fingerprint density at radius 2 is 1.66 bits per heavy atom. The van der Waals surface area contributed by atoms with Gasteiger partial charge in [-0.3, -0.25) is 14.6 Å². The second-order valence-corrected chi connectivity index (χ2v) is 15.0. The fourth-order valence-corrected chi connectivity index (χ4v) is 8.56. The molecule has 41 heavy (non-hydrogen) atoms. The Balaban J connectivity index is 1.19. The molecule has 0 bridgehead atoms. The zero-order chi connectivity index (χ0) is 29.1. The van der Waals surface area contributed by atoms with Crippen LogP contribution in [0.2, 0.25) is 5.02 Å². The number of carbonyl (C=O) groups excluding carboxylic acids is 2. The second-order valence-electron chi connectivity index (χ2n) is 11.6. The molecule has 1 aromatic carbocycles. The summed E-state index contributed by atoms with van der Waals surface area (Å²) < 4.78 is 7.08. The third kappa shape index (κ3) is 7.68. The standard InChI is InChI=1S/C30H38Br2ClN5O2S/c1-36(2)41-35-18-27(40)38-9-5-19(6-10-38)13-26(39)37-11-7-20(8-12-37)29-28-21(15-24(33)16-25(28)32)3-4-22-14-23(31)17-34-30(22)29/h14-17,19-20,29,35H,3-13,18H2,1-2H3/t29-/m1/s1. The van der Waals surface area contributed by atoms with Gasteiger partial charge in [0.05, 0.1) is 12.2 Å². The van der Waals surface area contributed by atoms with Gasteiger partial charge in [0.1, 0.15) is 0 Å². The maximum absolute atomic E-state index is 13.3. The molecule has 11 heteroatoms. The summed E-state index contributed by atoms with van der Waals surface area (Å²) in [5.74, 6) is 1.30. The highest BCUT2D eigenvalue weighted by Crippen LogP contribution is 2.46. The van der Waals surface area contributed by atoms with Crippen LogP contribution in [0, 0.1) is 11.8 Å². The van der Waals surface area contributed by atoms with Crippen LogP contribution < -0.4 is 4.72 Å². The number of nitrogens with zero attached hydrogens (tertiary/aromatic N) is 4. The number of amides is 2. The van der Waals surface area contributed by atoms with Crippen molar-refractivity contribution in [3.63, 3.8) is 0 Å². The van der Waals surface area contributed by atoms with Crippen molar-refractivity contribution in [3.05, 3.63) is 60.7 Å². The van der Waals surface area contributed by atoms with Crippen LogP contribution in [0.15, 0.2) is 33.3 Å². The molecule has 2 aliphatic heterocycles. The van der Waals surface area contributed by atoms with Gasteiger partial charge in [-0.2, -0.15) is 0 Å². The van der Waals surface area contributed by atoms with Crippen LogP contribution in [0.25, 0.3) is 0 Å². The van der Waals surface area contributed by atoms with Crippen LogP contribution in [0.1, 0.15) is 60.4 Å². The first-order valence-electron chi connectivity index (χ1n) is 14.4. The lowest BCUT2D eigenvalue weighted by atomic mass is 9.76. The minimum Gasteiger partial charge on any atom is -0.343 e. The molecule has 1 atom stereocenters. The molecule has 2 saturated heterocycles. The third-order valence-electron chi connectivity index (χ3n) is 8.68. The molecule has 222 valence electrons. The largest absolute Gasteiger partial charge is 0.343 e. The molecule has 0 unspecified atom stereocenters. The highest BCUT2D eigenvalue weighted by Gasteiger charge is 2.37. The van der Waals surface area contributed by atoms with Crippen molar-refractivity contribution in [1.82, 2.24) is 23.8 Å². The van der Waals surface area contributed by atoms with Crippen LogP contribution in [0.5, 0.6) is 0 Å². The van der Waals surface area contributed by atoms with Gasteiger partial charge < -0.3 is 9.80 Å². The maximum atomic E-state index is 13.3. The lowest BCUT2D eigenvalue weighted by Gasteiger charge is -2.38. The number of nitrogens with one attached hydrogen (secondary N) is 1. The van der Waals surface area contributed by atoms with E-state index in [9.17, 15) is 9.59 Å². The average Bonchev–Trinajstić information content (AvgIpc) is 3.10. The summed E-state index contributed by atoms with van der Waals surface area (Å²) in [5.41, 5.74) is 5.05. The molecule has 2 aromatic rings. The van der Waals surface area contributed by atoms with E-state index in [1.54, 1.807) is 0 Å². The van der Waals surface area contributed by atoms with Crippen LogP contribution in [0.3, 0.4) is 0 Å². The molecule has 0 radical (unpaired) electrons. The highest BCUT2D eigenvalue weighted by molar-refractivity contribution is 9.10. The molecular formula is C30H38Br2ClN5O2S. The predicted molar refractivity (Wildman–Crippen MR) is 173 cm³/mol. The Labute approximate surface area is 269 Å². The van der Waals surface area contributed by atoms with Gasteiger partial charge in [0.2, 0.25) is 11.8 Å². The second kappa shape index (κ2) is 14.1. The van der Waals surface area contributed by atoms with Crippen molar-refractivity contribution in [1.29, 1.82) is 0 Å². The Hall–Kier alpha value is -1.17. The summed E-state index contributed by atoms with van der Waals surface area (Å²) in [7, 11) is 3.88. The molecule has 1 aromatic heterocycles. The number of hydrogen-bond acceptors (Lipinski definition) is 6. The topological polar surface area (TPSA) is 68.8 Å². The summed E-state index contributed by atoms with van der Waals surface area (Å²) in [5, 5.41) is 0.755. The summed E-state index contributed by atoms with van der Waals surface area (Å²) >= 11 is 15.4. The van der Waals surface area contributed by atoms with Crippen molar-refractivity contribution >= 4 is 67.4 Å². The number of carbonyl (C=O) groups is 2. The van der Waals surface area contributed by atoms with E-state index in [0.29, 0.717) is 24.8 Å². The highest BCUT2D eigenvalue weighted by atomic mass is 79.9. The number of piperidine rings is 2. The van der Waals surface area contributed by atoms with Crippen molar-refractivity contribution in [2.75, 3.05) is 46.8 Å². The van der Waals surface area contributed by atoms with Gasteiger partial charge in [0.25, 0.3) is 0 Å². The molecule has 3 aliphatic rings. The molecule has 1 aliphatic carbocycles. The van der Waals surface area contributed by atoms with Crippen molar-refractivity contribution in [2.24, 2.45) is 11.8 Å². The molecule has 5 rings (SSSR count). The van der Waals surface area contributed by atoms with E-state index >= 15 is 0 Å². The minimum absolute atomic E-state index is 0.128. The number of likely N-dealkylation sites (tertiary alicyclic amines) is 2. The summed E-state index contributed by atoms with van der Waals surface area (Å²) in [6.45, 7) is 3.34. The SMILES string of the molecule is CN(C)SNCC(=O)N1CCC(CC(=O)N2CCC([C@H]3c4ncc(Br)cc4CCc4cc(Cl)cc(Br)c43)CC2)CC1. The Morgan fingerprint density at radius 3 is 2.37 bits per heavy atom. The van der Waals surface area contributed by atoms with Crippen molar-refractivity contribution < 1.29 is 9.59 Å². The maximum Gasteiger partial charge on any atom is 0.237 e. The quantitative estimate of drug-likeness (QED) is 0.350. The number of benzene rings is 1. The van der Waals surface area contributed by atoms with Gasteiger partial charge in [-0.1, -0.05) is 27.5 Å². The van der Waals surface area contributed by atoms with Gasteiger partial charge >= 0.3 is 0 Å². The third-order valence-corrected chi connectivity index (χ3v) is 10.6. The molecule has 3 heterocycles. The lowest BCUT2D eigenvalue weighted by Crippen LogP contribution is -2.44. The van der Waals surface area contributed by atoms with Crippen LogP contribution >= 0.6 is 55.6 Å². The first-order chi connectivity index (χ1) is 19.7. The molecule has 1 N–H and O–H groups in total. The minimum atomic E-state index is 0.128. The summed E-state index contributed by atoms with van der Waals surface area (Å²) in [4.78, 5) is 34.8. The number of aryl methyl sites for hydroxylation is 2. The molecule has 2 amide bonds. The van der Waals surface area contributed by atoms with Crippen LogP contribution in [-0.2, 0) is 22.4 Å². The Kier molecular flexibility index (Phi) is 10.7. The van der Waals surface area contributed by atoms with E-state index in [2.05, 4.69) is 53.6 Å². The molecule has 7 nitrogen and oxygen atoms in total. The van der Waals surface area contributed by atoms with Crippen LogP contribution in [0.4, 0.5) is 0 Å². The smallest absolute Gasteiger partial charge is 0.237 e. The summed E-state index contributed by atoms with van der Waals surface area (Å²) in [6.07, 6.45) is 8.05. The number of fused-ring (bicyclic) bond motifs is 2. The molecule has 0 spiro atoms. The van der Waals surface area contributed by atoms with Crippen molar-refractivity contribution in [3.8, 4) is 0 Å². The van der Waals surface area contributed by atoms with Gasteiger partial charge in [0, 0.05) is 70.8 Å². The van der Waals surface area contributed by atoms with Gasteiger partial charge in [-0.15, -0.1) is 0 Å². The number of aromatic nitrogens is 1. The Bertz CT molecular complexity index is 1270. The van der Waals surface area contributed by atoms with Gasteiger partial charge in [-0.05, 0) is 115 Å². The number of pyridine rings is 1.